The van der Waals surface area contributed by atoms with Crippen LogP contribution in [0.25, 0.3) is 0 Å². The normalized spacial score (nSPS) is 17.6. The summed E-state index contributed by atoms with van der Waals surface area (Å²) in [5, 5.41) is 0. The molecule has 0 amide bonds. The number of rotatable bonds is 3. The monoisotopic (exact) mass is 266 g/mol. The zero-order valence-electron chi connectivity index (χ0n) is 10.5. The first-order valence-corrected chi connectivity index (χ1v) is 7.43. The van der Waals surface area contributed by atoms with Crippen LogP contribution in [-0.2, 0) is 16.6 Å². The smallest absolute Gasteiger partial charge is 0.243 e. The van der Waals surface area contributed by atoms with Gasteiger partial charge in [-0.1, -0.05) is 29.8 Å². The van der Waals surface area contributed by atoms with Crippen molar-refractivity contribution in [3.63, 3.8) is 0 Å². The molecule has 4 nitrogen and oxygen atoms in total. The molecule has 0 aromatic heterocycles. The standard InChI is InChI=1S/C13H18N2O2S/c1-11-6-8-15(9-7-11)18(16,17)13-5-3-2-4-12(13)10-14/h2-6H,7-10,14H2,1H3. The molecule has 0 aliphatic carbocycles. The molecular weight excluding hydrogens is 248 g/mol. The zero-order valence-corrected chi connectivity index (χ0v) is 11.3. The molecule has 1 aromatic rings. The van der Waals surface area contributed by atoms with Crippen molar-refractivity contribution in [3.8, 4) is 0 Å². The number of hydrogen-bond acceptors (Lipinski definition) is 3. The maximum atomic E-state index is 12.5. The van der Waals surface area contributed by atoms with E-state index < -0.39 is 10.0 Å². The van der Waals surface area contributed by atoms with E-state index in [0.29, 0.717) is 23.5 Å². The number of benzene rings is 1. The van der Waals surface area contributed by atoms with Gasteiger partial charge in [0.1, 0.15) is 0 Å². The molecule has 1 aromatic carbocycles. The average Bonchev–Trinajstić information content (AvgIpc) is 2.39. The summed E-state index contributed by atoms with van der Waals surface area (Å²) in [4.78, 5) is 0.334. The molecule has 1 aliphatic rings. The van der Waals surface area contributed by atoms with Crippen molar-refractivity contribution >= 4 is 10.0 Å². The SMILES string of the molecule is CC1=CCN(S(=O)(=O)c2ccccc2CN)CC1. The van der Waals surface area contributed by atoms with Crippen molar-refractivity contribution < 1.29 is 8.42 Å². The molecule has 0 fully saturated rings. The minimum Gasteiger partial charge on any atom is -0.326 e. The molecule has 5 heteroatoms. The fourth-order valence-corrected chi connectivity index (χ4v) is 3.65. The highest BCUT2D eigenvalue weighted by Gasteiger charge is 2.26. The minimum atomic E-state index is -3.42. The van der Waals surface area contributed by atoms with Gasteiger partial charge in [0.25, 0.3) is 0 Å². The molecule has 98 valence electrons. The molecule has 1 heterocycles. The van der Waals surface area contributed by atoms with Crippen LogP contribution in [0.5, 0.6) is 0 Å². The van der Waals surface area contributed by atoms with Gasteiger partial charge in [0.15, 0.2) is 0 Å². The third kappa shape index (κ3) is 2.48. The Kier molecular flexibility index (Phi) is 3.85. The minimum absolute atomic E-state index is 0.234. The molecule has 0 radical (unpaired) electrons. The van der Waals surface area contributed by atoms with E-state index in [0.717, 1.165) is 6.42 Å². The van der Waals surface area contributed by atoms with Crippen molar-refractivity contribution in [2.75, 3.05) is 13.1 Å². The second-order valence-corrected chi connectivity index (χ2v) is 6.38. The van der Waals surface area contributed by atoms with Gasteiger partial charge in [0.2, 0.25) is 10.0 Å². The Labute approximate surface area is 108 Å². The van der Waals surface area contributed by atoms with Crippen molar-refractivity contribution in [3.05, 3.63) is 41.5 Å². The van der Waals surface area contributed by atoms with Crippen LogP contribution in [0.4, 0.5) is 0 Å². The topological polar surface area (TPSA) is 63.4 Å². The van der Waals surface area contributed by atoms with Gasteiger partial charge in [-0.3, -0.25) is 0 Å². The van der Waals surface area contributed by atoms with Crippen molar-refractivity contribution in [2.45, 2.75) is 24.8 Å². The fraction of sp³-hybridized carbons (Fsp3) is 0.385. The Bertz CT molecular complexity index is 564. The van der Waals surface area contributed by atoms with E-state index >= 15 is 0 Å². The van der Waals surface area contributed by atoms with E-state index in [2.05, 4.69) is 0 Å². The van der Waals surface area contributed by atoms with Crippen LogP contribution < -0.4 is 5.73 Å². The summed E-state index contributed by atoms with van der Waals surface area (Å²) in [5.41, 5.74) is 7.52. The first-order chi connectivity index (χ1) is 8.55. The number of nitrogens with zero attached hydrogens (tertiary/aromatic N) is 1. The van der Waals surface area contributed by atoms with Crippen LogP contribution >= 0.6 is 0 Å². The first kappa shape index (κ1) is 13.3. The van der Waals surface area contributed by atoms with Crippen LogP contribution in [0.15, 0.2) is 40.8 Å². The van der Waals surface area contributed by atoms with Crippen LogP contribution in [-0.4, -0.2) is 25.8 Å². The highest BCUT2D eigenvalue weighted by Crippen LogP contribution is 2.22. The van der Waals surface area contributed by atoms with Gasteiger partial charge < -0.3 is 5.73 Å². The summed E-state index contributed by atoms with van der Waals surface area (Å²) in [6.07, 6.45) is 2.76. The van der Waals surface area contributed by atoms with Gasteiger partial charge in [0.05, 0.1) is 4.90 Å². The average molecular weight is 266 g/mol. The van der Waals surface area contributed by atoms with E-state index in [9.17, 15) is 8.42 Å². The van der Waals surface area contributed by atoms with E-state index in [1.807, 2.05) is 19.1 Å². The third-order valence-electron chi connectivity index (χ3n) is 3.21. The lowest BCUT2D eigenvalue weighted by Crippen LogP contribution is -2.35. The first-order valence-electron chi connectivity index (χ1n) is 5.99. The highest BCUT2D eigenvalue weighted by atomic mass is 32.2. The Balaban J connectivity index is 2.37. The van der Waals surface area contributed by atoms with Gasteiger partial charge in [-0.05, 0) is 25.0 Å². The molecule has 0 atom stereocenters. The van der Waals surface area contributed by atoms with Gasteiger partial charge in [-0.25, -0.2) is 8.42 Å². The van der Waals surface area contributed by atoms with Gasteiger partial charge in [0, 0.05) is 19.6 Å². The molecule has 18 heavy (non-hydrogen) atoms. The molecule has 1 aliphatic heterocycles. The molecule has 0 saturated carbocycles. The van der Waals surface area contributed by atoms with Gasteiger partial charge >= 0.3 is 0 Å². The Morgan fingerprint density at radius 3 is 2.67 bits per heavy atom. The Hall–Kier alpha value is -1.17. The molecular formula is C13H18N2O2S. The van der Waals surface area contributed by atoms with Gasteiger partial charge in [-0.15, -0.1) is 0 Å². The third-order valence-corrected chi connectivity index (χ3v) is 5.17. The Morgan fingerprint density at radius 1 is 1.33 bits per heavy atom. The molecule has 0 spiro atoms. The molecule has 0 bridgehead atoms. The summed E-state index contributed by atoms with van der Waals surface area (Å²) in [5.74, 6) is 0. The van der Waals surface area contributed by atoms with Crippen LogP contribution in [0.2, 0.25) is 0 Å². The lowest BCUT2D eigenvalue weighted by Gasteiger charge is -2.25. The second-order valence-electron chi connectivity index (χ2n) is 4.48. The maximum absolute atomic E-state index is 12.5. The second kappa shape index (κ2) is 5.22. The van der Waals surface area contributed by atoms with E-state index in [4.69, 9.17) is 5.73 Å². The van der Waals surface area contributed by atoms with Crippen LogP contribution in [0.1, 0.15) is 18.9 Å². The van der Waals surface area contributed by atoms with E-state index in [-0.39, 0.29) is 6.54 Å². The molecule has 2 rings (SSSR count). The predicted octanol–water partition coefficient (Wildman–Crippen LogP) is 1.49. The summed E-state index contributed by atoms with van der Waals surface area (Å²) >= 11 is 0. The lowest BCUT2D eigenvalue weighted by atomic mass is 10.1. The fourth-order valence-electron chi connectivity index (χ4n) is 2.03. The highest BCUT2D eigenvalue weighted by molar-refractivity contribution is 7.89. The van der Waals surface area contributed by atoms with E-state index in [1.165, 1.54) is 9.88 Å². The van der Waals surface area contributed by atoms with Crippen molar-refractivity contribution in [1.29, 1.82) is 0 Å². The summed E-state index contributed by atoms with van der Waals surface area (Å²) in [7, 11) is -3.42. The zero-order chi connectivity index (χ0) is 13.2. The van der Waals surface area contributed by atoms with Crippen molar-refractivity contribution in [1.82, 2.24) is 4.31 Å². The van der Waals surface area contributed by atoms with E-state index in [1.54, 1.807) is 18.2 Å². The largest absolute Gasteiger partial charge is 0.326 e. The Morgan fingerprint density at radius 2 is 2.06 bits per heavy atom. The van der Waals surface area contributed by atoms with Crippen LogP contribution in [0.3, 0.4) is 0 Å². The number of hydrogen-bond donors (Lipinski definition) is 1. The number of nitrogens with two attached hydrogens (primary N) is 1. The number of sulfonamides is 1. The van der Waals surface area contributed by atoms with Gasteiger partial charge in [-0.2, -0.15) is 4.31 Å². The maximum Gasteiger partial charge on any atom is 0.243 e. The summed E-state index contributed by atoms with van der Waals surface area (Å²) in [6.45, 7) is 3.26. The molecule has 0 saturated heterocycles. The predicted molar refractivity (Wildman–Crippen MR) is 71.5 cm³/mol. The van der Waals surface area contributed by atoms with Crippen LogP contribution in [0, 0.1) is 0 Å². The quantitative estimate of drug-likeness (QED) is 0.843. The molecule has 2 N–H and O–H groups in total. The lowest BCUT2D eigenvalue weighted by molar-refractivity contribution is 0.431. The summed E-state index contributed by atoms with van der Waals surface area (Å²) in [6, 6.07) is 6.93. The summed E-state index contributed by atoms with van der Waals surface area (Å²) < 4.78 is 26.5. The molecule has 0 unspecified atom stereocenters. The van der Waals surface area contributed by atoms with Crippen molar-refractivity contribution in [2.24, 2.45) is 5.73 Å².